The lowest BCUT2D eigenvalue weighted by Crippen LogP contribution is -2.22. The van der Waals surface area contributed by atoms with E-state index in [0.717, 1.165) is 62.6 Å². The van der Waals surface area contributed by atoms with Crippen LogP contribution >= 0.6 is 0 Å². The summed E-state index contributed by atoms with van der Waals surface area (Å²) in [5.41, 5.74) is 3.80. The molecule has 0 saturated heterocycles. The first-order valence-corrected chi connectivity index (χ1v) is 13.2. The SMILES string of the molecule is O=C(Nc1ccc(-c2nc3cc(NC(=O)C4CCCCCC4)cnc3[nH]2)cc1)C1CCCCCC1. The van der Waals surface area contributed by atoms with E-state index in [0.29, 0.717) is 22.7 Å². The van der Waals surface area contributed by atoms with Gasteiger partial charge in [0.05, 0.1) is 11.9 Å². The van der Waals surface area contributed by atoms with E-state index in [4.69, 9.17) is 4.98 Å². The van der Waals surface area contributed by atoms with Gasteiger partial charge in [0.2, 0.25) is 11.8 Å². The van der Waals surface area contributed by atoms with Gasteiger partial charge in [-0.3, -0.25) is 9.59 Å². The molecule has 2 saturated carbocycles. The van der Waals surface area contributed by atoms with Gasteiger partial charge in [-0.2, -0.15) is 0 Å². The smallest absolute Gasteiger partial charge is 0.227 e. The molecule has 2 aliphatic carbocycles. The van der Waals surface area contributed by atoms with Crippen LogP contribution in [0.25, 0.3) is 22.6 Å². The fraction of sp³-hybridized carbons (Fsp3) is 0.500. The standard InChI is InChI=1S/C28H35N5O2/c34-27(20-9-5-1-2-6-10-20)30-22-15-13-19(14-16-22)25-32-24-17-23(18-29-26(24)33-25)31-28(35)21-11-7-3-4-8-12-21/h13-18,20-21H,1-12H2,(H,30,34)(H,31,35)(H,29,32,33). The zero-order chi connectivity index (χ0) is 24.0. The Hall–Kier alpha value is -3.22. The van der Waals surface area contributed by atoms with Crippen LogP contribution in [-0.2, 0) is 9.59 Å². The zero-order valence-corrected chi connectivity index (χ0v) is 20.3. The number of aromatic nitrogens is 3. The molecule has 2 aromatic heterocycles. The van der Waals surface area contributed by atoms with Crippen molar-refractivity contribution in [3.63, 3.8) is 0 Å². The highest BCUT2D eigenvalue weighted by Gasteiger charge is 2.21. The van der Waals surface area contributed by atoms with E-state index < -0.39 is 0 Å². The van der Waals surface area contributed by atoms with Crippen LogP contribution in [0, 0.1) is 11.8 Å². The molecule has 0 bridgehead atoms. The number of hydrogen-bond donors (Lipinski definition) is 3. The number of nitrogens with zero attached hydrogens (tertiary/aromatic N) is 2. The number of aromatic amines is 1. The lowest BCUT2D eigenvalue weighted by molar-refractivity contribution is -0.121. The third kappa shape index (κ3) is 5.89. The lowest BCUT2D eigenvalue weighted by Gasteiger charge is -2.14. The number of anilines is 2. The van der Waals surface area contributed by atoms with Crippen LogP contribution in [0.2, 0.25) is 0 Å². The Labute approximate surface area is 206 Å². The normalized spacial score (nSPS) is 18.1. The molecule has 2 amide bonds. The first-order chi connectivity index (χ1) is 17.2. The van der Waals surface area contributed by atoms with Crippen molar-refractivity contribution in [2.75, 3.05) is 10.6 Å². The summed E-state index contributed by atoms with van der Waals surface area (Å²) >= 11 is 0. The number of hydrogen-bond acceptors (Lipinski definition) is 4. The third-order valence-electron chi connectivity index (χ3n) is 7.48. The Kier molecular flexibility index (Phi) is 7.40. The molecule has 2 fully saturated rings. The maximum absolute atomic E-state index is 12.7. The maximum atomic E-state index is 12.7. The average molecular weight is 474 g/mol. The summed E-state index contributed by atoms with van der Waals surface area (Å²) in [6, 6.07) is 9.62. The molecular weight excluding hydrogens is 438 g/mol. The second-order valence-corrected chi connectivity index (χ2v) is 10.1. The van der Waals surface area contributed by atoms with Crippen LogP contribution in [0.3, 0.4) is 0 Å². The van der Waals surface area contributed by atoms with Gasteiger partial charge < -0.3 is 15.6 Å². The van der Waals surface area contributed by atoms with Crippen molar-refractivity contribution in [3.8, 4) is 11.4 Å². The number of amides is 2. The first kappa shape index (κ1) is 23.5. The van der Waals surface area contributed by atoms with Gasteiger partial charge in [-0.25, -0.2) is 9.97 Å². The molecular formula is C28H35N5O2. The molecule has 0 radical (unpaired) electrons. The van der Waals surface area contributed by atoms with E-state index >= 15 is 0 Å². The van der Waals surface area contributed by atoms with E-state index in [2.05, 4.69) is 20.6 Å². The molecule has 7 nitrogen and oxygen atoms in total. The molecule has 184 valence electrons. The Bertz CT molecular complexity index is 1150. The van der Waals surface area contributed by atoms with E-state index in [1.807, 2.05) is 30.3 Å². The van der Waals surface area contributed by atoms with Crippen molar-refractivity contribution in [3.05, 3.63) is 36.5 Å². The molecule has 0 unspecified atom stereocenters. The van der Waals surface area contributed by atoms with Crippen LogP contribution in [0.1, 0.15) is 77.0 Å². The van der Waals surface area contributed by atoms with Gasteiger partial charge in [0.15, 0.2) is 5.65 Å². The number of H-pyrrole nitrogens is 1. The van der Waals surface area contributed by atoms with Crippen LogP contribution in [-0.4, -0.2) is 26.8 Å². The summed E-state index contributed by atoms with van der Waals surface area (Å²) in [5, 5.41) is 6.12. The molecule has 2 aliphatic rings. The number of carbonyl (C=O) groups excluding carboxylic acids is 2. The number of fused-ring (bicyclic) bond motifs is 1. The fourth-order valence-corrected chi connectivity index (χ4v) is 5.38. The minimum atomic E-state index is 0.0875. The van der Waals surface area contributed by atoms with Crippen LogP contribution in [0.4, 0.5) is 11.4 Å². The van der Waals surface area contributed by atoms with Crippen LogP contribution in [0.15, 0.2) is 36.5 Å². The van der Waals surface area contributed by atoms with Crippen molar-refractivity contribution in [1.82, 2.24) is 15.0 Å². The predicted octanol–water partition coefficient (Wildman–Crippen LogP) is 6.44. The number of carbonyl (C=O) groups is 2. The summed E-state index contributed by atoms with van der Waals surface area (Å²) < 4.78 is 0. The first-order valence-electron chi connectivity index (χ1n) is 13.2. The number of nitrogens with one attached hydrogen (secondary N) is 3. The minimum absolute atomic E-state index is 0.0875. The van der Waals surface area contributed by atoms with Gasteiger partial charge in [-0.15, -0.1) is 0 Å². The Morgan fingerprint density at radius 2 is 1.29 bits per heavy atom. The molecule has 3 aromatic rings. The Balaban J connectivity index is 1.24. The number of rotatable bonds is 5. The highest BCUT2D eigenvalue weighted by atomic mass is 16.2. The van der Waals surface area contributed by atoms with Crippen LogP contribution in [0.5, 0.6) is 0 Å². The molecule has 0 aliphatic heterocycles. The quantitative estimate of drug-likeness (QED) is 0.371. The zero-order valence-electron chi connectivity index (χ0n) is 20.3. The summed E-state index contributed by atoms with van der Waals surface area (Å²) in [4.78, 5) is 37.8. The molecule has 5 rings (SSSR count). The van der Waals surface area contributed by atoms with Crippen molar-refractivity contribution in [1.29, 1.82) is 0 Å². The largest absolute Gasteiger partial charge is 0.326 e. The second-order valence-electron chi connectivity index (χ2n) is 10.1. The highest BCUT2D eigenvalue weighted by molar-refractivity contribution is 5.94. The van der Waals surface area contributed by atoms with Crippen molar-refractivity contribution in [2.24, 2.45) is 11.8 Å². The Morgan fingerprint density at radius 1 is 0.743 bits per heavy atom. The number of pyridine rings is 1. The summed E-state index contributed by atoms with van der Waals surface area (Å²) in [5.74, 6) is 1.14. The van der Waals surface area contributed by atoms with Crippen molar-refractivity contribution < 1.29 is 9.59 Å². The summed E-state index contributed by atoms with van der Waals surface area (Å²) in [7, 11) is 0. The molecule has 1 aromatic carbocycles. The average Bonchev–Trinajstić information content (AvgIpc) is 3.06. The monoisotopic (exact) mass is 473 g/mol. The molecule has 35 heavy (non-hydrogen) atoms. The van der Waals surface area contributed by atoms with E-state index in [-0.39, 0.29) is 23.7 Å². The van der Waals surface area contributed by atoms with Crippen LogP contribution < -0.4 is 10.6 Å². The van der Waals surface area contributed by atoms with Gasteiger partial charge in [0.1, 0.15) is 11.3 Å². The van der Waals surface area contributed by atoms with E-state index in [1.54, 1.807) is 6.20 Å². The van der Waals surface area contributed by atoms with Crippen molar-refractivity contribution in [2.45, 2.75) is 77.0 Å². The topological polar surface area (TPSA) is 99.8 Å². The van der Waals surface area contributed by atoms with Crippen molar-refractivity contribution >= 4 is 34.4 Å². The number of imidazole rings is 1. The minimum Gasteiger partial charge on any atom is -0.326 e. The fourth-order valence-electron chi connectivity index (χ4n) is 5.38. The second kappa shape index (κ2) is 11.0. The molecule has 3 N–H and O–H groups in total. The van der Waals surface area contributed by atoms with Gasteiger partial charge in [-0.1, -0.05) is 51.4 Å². The van der Waals surface area contributed by atoms with Gasteiger partial charge >= 0.3 is 0 Å². The van der Waals surface area contributed by atoms with Gasteiger partial charge in [-0.05, 0) is 56.0 Å². The van der Waals surface area contributed by atoms with E-state index in [9.17, 15) is 9.59 Å². The lowest BCUT2D eigenvalue weighted by atomic mass is 9.99. The molecule has 0 atom stereocenters. The Morgan fingerprint density at radius 3 is 1.86 bits per heavy atom. The van der Waals surface area contributed by atoms with Gasteiger partial charge in [0.25, 0.3) is 0 Å². The molecule has 0 spiro atoms. The molecule has 7 heteroatoms. The third-order valence-corrected chi connectivity index (χ3v) is 7.48. The highest BCUT2D eigenvalue weighted by Crippen LogP contribution is 2.27. The number of benzene rings is 1. The predicted molar refractivity (Wildman–Crippen MR) is 139 cm³/mol. The summed E-state index contributed by atoms with van der Waals surface area (Å²) in [6.07, 6.45) is 15.0. The molecule has 2 heterocycles. The maximum Gasteiger partial charge on any atom is 0.227 e. The summed E-state index contributed by atoms with van der Waals surface area (Å²) in [6.45, 7) is 0. The van der Waals surface area contributed by atoms with E-state index in [1.165, 1.54) is 25.7 Å². The van der Waals surface area contributed by atoms with Gasteiger partial charge in [0, 0.05) is 23.1 Å².